The second kappa shape index (κ2) is 8.35. The number of nitrogens with one attached hydrogen (secondary N) is 1. The van der Waals surface area contributed by atoms with Crippen molar-refractivity contribution in [2.75, 3.05) is 19.1 Å². The third-order valence-corrected chi connectivity index (χ3v) is 6.70. The molecule has 0 bridgehead atoms. The Morgan fingerprint density at radius 1 is 1.21 bits per heavy atom. The summed E-state index contributed by atoms with van der Waals surface area (Å²) < 4.78 is 19.0. The summed E-state index contributed by atoms with van der Waals surface area (Å²) in [6.07, 6.45) is 2.33. The van der Waals surface area contributed by atoms with E-state index in [1.54, 1.807) is 6.20 Å². The number of benzene rings is 1. The number of hydrogen-bond acceptors (Lipinski definition) is 8. The van der Waals surface area contributed by atoms with Gasteiger partial charge in [-0.05, 0) is 38.3 Å². The third kappa shape index (κ3) is 3.72. The molecule has 0 amide bonds. The first-order valence-electron chi connectivity index (χ1n) is 10.7. The number of hydrogen-bond donors (Lipinski definition) is 2. The maximum absolute atomic E-state index is 13.8. The molecule has 3 heterocycles. The first-order chi connectivity index (χ1) is 15.9. The Bertz CT molecular complexity index is 1350. The number of alkyl halides is 1. The number of rotatable bonds is 4. The van der Waals surface area contributed by atoms with E-state index in [-0.39, 0.29) is 6.04 Å². The van der Waals surface area contributed by atoms with Crippen LogP contribution in [-0.2, 0) is 0 Å². The lowest BCUT2D eigenvalue weighted by Gasteiger charge is -2.36. The average Bonchev–Trinajstić information content (AvgIpc) is 3.22. The summed E-state index contributed by atoms with van der Waals surface area (Å²) in [6, 6.07) is 3.33. The molecule has 11 heteroatoms. The van der Waals surface area contributed by atoms with E-state index in [1.807, 2.05) is 31.0 Å². The van der Waals surface area contributed by atoms with E-state index in [4.69, 9.17) is 32.0 Å². The van der Waals surface area contributed by atoms with Crippen molar-refractivity contribution in [3.63, 3.8) is 0 Å². The number of methoxy groups -OCH3 is 1. The van der Waals surface area contributed by atoms with Gasteiger partial charge in [-0.1, -0.05) is 11.6 Å². The molecule has 1 fully saturated rings. The van der Waals surface area contributed by atoms with Crippen molar-refractivity contribution < 1.29 is 9.13 Å². The standard InChI is InChI=1S/C22H24ClFN8O/c1-10-22(32(2)11-4-6-13(24)14(25)8-11)29-21-20(27-10)18(30-31-21)12-5-7-15-19(17(12)23)28-16(33-3)9-26-15/h5,7,9,11,13-14H,4,6,8,25H2,1-3H3,(H,29,30,31)/t11-,13-,14+/m1/s1. The summed E-state index contributed by atoms with van der Waals surface area (Å²) in [5.74, 6) is 1.08. The lowest BCUT2D eigenvalue weighted by atomic mass is 9.89. The number of aromatic amines is 1. The SMILES string of the molecule is COc1cnc2ccc(-c3[nH]nc4nc(N(C)[C@@H]5CC[C@@H](F)[C@@H](N)C5)c(C)nc34)c(Cl)c2n1. The maximum atomic E-state index is 13.8. The van der Waals surface area contributed by atoms with Crippen molar-refractivity contribution in [1.82, 2.24) is 30.1 Å². The fourth-order valence-corrected chi connectivity index (χ4v) is 4.72. The predicted molar refractivity (Wildman–Crippen MR) is 125 cm³/mol. The number of fused-ring (bicyclic) bond motifs is 2. The van der Waals surface area contributed by atoms with Crippen molar-refractivity contribution in [2.45, 2.75) is 44.4 Å². The van der Waals surface area contributed by atoms with E-state index < -0.39 is 12.2 Å². The summed E-state index contributed by atoms with van der Waals surface area (Å²) in [5.41, 5.74) is 10.3. The molecule has 33 heavy (non-hydrogen) atoms. The van der Waals surface area contributed by atoms with Crippen LogP contribution in [-0.4, -0.2) is 62.5 Å². The van der Waals surface area contributed by atoms with Crippen molar-refractivity contribution in [2.24, 2.45) is 5.73 Å². The number of halogens is 2. The lowest BCUT2D eigenvalue weighted by Crippen LogP contribution is -2.46. The van der Waals surface area contributed by atoms with Crippen LogP contribution < -0.4 is 15.4 Å². The minimum Gasteiger partial charge on any atom is -0.480 e. The van der Waals surface area contributed by atoms with Crippen LogP contribution >= 0.6 is 11.6 Å². The Labute approximate surface area is 194 Å². The first-order valence-corrected chi connectivity index (χ1v) is 11.1. The molecule has 0 aliphatic heterocycles. The quantitative estimate of drug-likeness (QED) is 0.464. The summed E-state index contributed by atoms with van der Waals surface area (Å²) >= 11 is 6.71. The van der Waals surface area contributed by atoms with E-state index >= 15 is 0 Å². The van der Waals surface area contributed by atoms with E-state index in [0.29, 0.717) is 69.4 Å². The van der Waals surface area contributed by atoms with E-state index in [0.717, 1.165) is 5.69 Å². The number of aromatic nitrogens is 6. The van der Waals surface area contributed by atoms with Gasteiger partial charge in [0.2, 0.25) is 11.5 Å². The Morgan fingerprint density at radius 3 is 2.79 bits per heavy atom. The molecule has 5 rings (SSSR count). The molecule has 4 aromatic rings. The highest BCUT2D eigenvalue weighted by molar-refractivity contribution is 6.38. The van der Waals surface area contributed by atoms with Gasteiger partial charge in [0.05, 0.1) is 35.2 Å². The van der Waals surface area contributed by atoms with Gasteiger partial charge in [0, 0.05) is 24.7 Å². The number of ether oxygens (including phenoxy) is 1. The second-order valence-electron chi connectivity index (χ2n) is 8.37. The van der Waals surface area contributed by atoms with Gasteiger partial charge in [-0.15, -0.1) is 0 Å². The van der Waals surface area contributed by atoms with Gasteiger partial charge in [0.15, 0.2) is 5.82 Å². The smallest absolute Gasteiger partial charge is 0.232 e. The van der Waals surface area contributed by atoms with Crippen molar-refractivity contribution in [3.05, 3.63) is 29.0 Å². The van der Waals surface area contributed by atoms with Gasteiger partial charge in [-0.2, -0.15) is 5.10 Å². The monoisotopic (exact) mass is 470 g/mol. The van der Waals surface area contributed by atoms with Crippen LogP contribution in [0.15, 0.2) is 18.3 Å². The molecule has 0 radical (unpaired) electrons. The second-order valence-corrected chi connectivity index (χ2v) is 8.75. The lowest BCUT2D eigenvalue weighted by molar-refractivity contribution is 0.201. The first kappa shape index (κ1) is 21.7. The van der Waals surface area contributed by atoms with Crippen LogP contribution in [0.5, 0.6) is 5.88 Å². The van der Waals surface area contributed by atoms with Crippen LogP contribution in [0.3, 0.4) is 0 Å². The van der Waals surface area contributed by atoms with Crippen molar-refractivity contribution in [1.29, 1.82) is 0 Å². The fourth-order valence-electron chi connectivity index (χ4n) is 4.42. The number of nitrogens with zero attached hydrogens (tertiary/aromatic N) is 6. The van der Waals surface area contributed by atoms with Gasteiger partial charge < -0.3 is 15.4 Å². The Balaban J connectivity index is 1.54. The molecule has 0 unspecified atom stereocenters. The molecule has 172 valence electrons. The molecule has 0 spiro atoms. The molecular weight excluding hydrogens is 447 g/mol. The molecule has 1 aliphatic rings. The zero-order chi connectivity index (χ0) is 23.3. The summed E-state index contributed by atoms with van der Waals surface area (Å²) in [7, 11) is 3.47. The maximum Gasteiger partial charge on any atom is 0.232 e. The van der Waals surface area contributed by atoms with E-state index in [9.17, 15) is 4.39 Å². The van der Waals surface area contributed by atoms with Gasteiger partial charge in [-0.25, -0.2) is 24.3 Å². The Hall–Kier alpha value is -3.11. The fraction of sp³-hybridized carbons (Fsp3) is 0.409. The van der Waals surface area contributed by atoms with E-state index in [2.05, 4.69) is 20.2 Å². The highest BCUT2D eigenvalue weighted by Crippen LogP contribution is 2.36. The normalized spacial score (nSPS) is 21.0. The summed E-state index contributed by atoms with van der Waals surface area (Å²) in [6.45, 7) is 1.90. The average molecular weight is 471 g/mol. The van der Waals surface area contributed by atoms with Gasteiger partial charge >= 0.3 is 0 Å². The third-order valence-electron chi connectivity index (χ3n) is 6.31. The molecule has 9 nitrogen and oxygen atoms in total. The number of aryl methyl sites for hydroxylation is 1. The number of H-pyrrole nitrogens is 1. The van der Waals surface area contributed by atoms with Crippen molar-refractivity contribution in [3.8, 4) is 17.1 Å². The Morgan fingerprint density at radius 2 is 2.03 bits per heavy atom. The molecule has 1 aliphatic carbocycles. The van der Waals surface area contributed by atoms with Gasteiger partial charge in [0.1, 0.15) is 17.2 Å². The van der Waals surface area contributed by atoms with Crippen LogP contribution in [0.25, 0.3) is 33.5 Å². The minimum absolute atomic E-state index is 0.0966. The highest BCUT2D eigenvalue weighted by atomic mass is 35.5. The van der Waals surface area contributed by atoms with Crippen LogP contribution in [0.1, 0.15) is 25.0 Å². The topological polar surface area (TPSA) is 119 Å². The van der Waals surface area contributed by atoms with Gasteiger partial charge in [-0.3, -0.25) is 5.10 Å². The molecular formula is C22H24ClFN8O. The number of nitrogens with two attached hydrogens (primary N) is 1. The zero-order valence-corrected chi connectivity index (χ0v) is 19.3. The molecule has 3 aromatic heterocycles. The van der Waals surface area contributed by atoms with Crippen LogP contribution in [0.4, 0.5) is 10.2 Å². The minimum atomic E-state index is -0.949. The van der Waals surface area contributed by atoms with Crippen LogP contribution in [0.2, 0.25) is 5.02 Å². The van der Waals surface area contributed by atoms with Crippen molar-refractivity contribution >= 4 is 39.6 Å². The summed E-state index contributed by atoms with van der Waals surface area (Å²) in [5, 5.41) is 7.82. The van der Waals surface area contributed by atoms with Crippen LogP contribution in [0, 0.1) is 6.92 Å². The number of anilines is 1. The summed E-state index contributed by atoms with van der Waals surface area (Å²) in [4.78, 5) is 20.3. The molecule has 1 saturated carbocycles. The zero-order valence-electron chi connectivity index (χ0n) is 18.5. The largest absolute Gasteiger partial charge is 0.480 e. The predicted octanol–water partition coefficient (Wildman–Crippen LogP) is 3.59. The molecule has 0 saturated heterocycles. The molecule has 3 atom stereocenters. The van der Waals surface area contributed by atoms with E-state index in [1.165, 1.54) is 7.11 Å². The molecule has 1 aromatic carbocycles. The highest BCUT2D eigenvalue weighted by Gasteiger charge is 2.31. The Kier molecular flexibility index (Phi) is 5.49. The van der Waals surface area contributed by atoms with Gasteiger partial charge in [0.25, 0.3) is 0 Å². The molecule has 3 N–H and O–H groups in total.